The van der Waals surface area contributed by atoms with Crippen molar-refractivity contribution in [3.63, 3.8) is 0 Å². The largest absolute Gasteiger partial charge is 0.419 e. The van der Waals surface area contributed by atoms with Crippen LogP contribution in [0.1, 0.15) is 31.2 Å². The van der Waals surface area contributed by atoms with Crippen LogP contribution in [-0.4, -0.2) is 39.3 Å². The first-order valence-electron chi connectivity index (χ1n) is 9.29. The highest BCUT2D eigenvalue weighted by Gasteiger charge is 2.34. The van der Waals surface area contributed by atoms with E-state index in [4.69, 9.17) is 10.5 Å². The fourth-order valence-electron chi connectivity index (χ4n) is 3.61. The van der Waals surface area contributed by atoms with Crippen LogP contribution in [0.15, 0.2) is 18.5 Å². The summed E-state index contributed by atoms with van der Waals surface area (Å²) < 4.78 is 46.3. The van der Waals surface area contributed by atoms with Gasteiger partial charge in [0.15, 0.2) is 0 Å². The van der Waals surface area contributed by atoms with Gasteiger partial charge in [0, 0.05) is 25.4 Å². The summed E-state index contributed by atoms with van der Waals surface area (Å²) in [7, 11) is 1.75. The number of pyridine rings is 1. The zero-order valence-electron chi connectivity index (χ0n) is 15.7. The van der Waals surface area contributed by atoms with Gasteiger partial charge < -0.3 is 15.8 Å². The second kappa shape index (κ2) is 7.79. The van der Waals surface area contributed by atoms with Gasteiger partial charge >= 0.3 is 6.18 Å². The lowest BCUT2D eigenvalue weighted by Gasteiger charge is -2.27. The standard InChI is InChI=1S/C18H21F3N6OS/c1-28-12-4-2-10(3-5-12)7-24-16-26-27-14(9-25-17(27)29-16)11-6-13(18(19,20)21)15(22)23-8-11/h6,8-10,12H,2-5,7H2,1H3,(H2,22,23)(H,24,26). The van der Waals surface area contributed by atoms with E-state index >= 15 is 0 Å². The maximum Gasteiger partial charge on any atom is 0.419 e. The van der Waals surface area contributed by atoms with Crippen LogP contribution in [0.4, 0.5) is 24.1 Å². The molecule has 11 heteroatoms. The summed E-state index contributed by atoms with van der Waals surface area (Å²) >= 11 is 1.36. The monoisotopic (exact) mass is 426 g/mol. The normalized spacial score (nSPS) is 20.3. The number of nitrogens with one attached hydrogen (secondary N) is 1. The third-order valence-corrected chi connectivity index (χ3v) is 6.15. The minimum Gasteiger partial charge on any atom is -0.383 e. The molecule has 0 aliphatic heterocycles. The van der Waals surface area contributed by atoms with E-state index in [-0.39, 0.29) is 5.56 Å². The number of nitrogens with zero attached hydrogens (tertiary/aromatic N) is 4. The lowest BCUT2D eigenvalue weighted by Crippen LogP contribution is -2.24. The molecule has 1 saturated carbocycles. The van der Waals surface area contributed by atoms with Crippen LogP contribution in [0.25, 0.3) is 16.2 Å². The topological polar surface area (TPSA) is 90.4 Å². The number of halogens is 3. The van der Waals surface area contributed by atoms with E-state index in [0.717, 1.165) is 38.3 Å². The van der Waals surface area contributed by atoms with Crippen LogP contribution in [0.3, 0.4) is 0 Å². The van der Waals surface area contributed by atoms with Crippen molar-refractivity contribution in [2.75, 3.05) is 24.7 Å². The first kappa shape index (κ1) is 19.9. The number of methoxy groups -OCH3 is 1. The van der Waals surface area contributed by atoms with E-state index in [1.165, 1.54) is 28.2 Å². The van der Waals surface area contributed by atoms with Crippen LogP contribution >= 0.6 is 11.3 Å². The molecule has 0 saturated heterocycles. The van der Waals surface area contributed by atoms with Crippen molar-refractivity contribution in [3.8, 4) is 11.3 Å². The van der Waals surface area contributed by atoms with E-state index in [1.54, 1.807) is 7.11 Å². The molecule has 7 nitrogen and oxygen atoms in total. The fraction of sp³-hybridized carbons (Fsp3) is 0.500. The smallest absolute Gasteiger partial charge is 0.383 e. The van der Waals surface area contributed by atoms with Crippen molar-refractivity contribution in [2.45, 2.75) is 38.0 Å². The number of fused-ring (bicyclic) bond motifs is 1. The molecule has 1 aliphatic rings. The van der Waals surface area contributed by atoms with E-state index in [1.807, 2.05) is 0 Å². The Bertz CT molecular complexity index is 993. The summed E-state index contributed by atoms with van der Waals surface area (Å²) in [5, 5.41) is 8.49. The Morgan fingerprint density at radius 3 is 2.69 bits per heavy atom. The summed E-state index contributed by atoms with van der Waals surface area (Å²) in [6.07, 6.45) is 2.86. The molecule has 0 bridgehead atoms. The summed E-state index contributed by atoms with van der Waals surface area (Å²) in [6, 6.07) is 0.979. The number of anilines is 2. The Morgan fingerprint density at radius 1 is 1.24 bits per heavy atom. The van der Waals surface area contributed by atoms with E-state index in [2.05, 4.69) is 20.4 Å². The van der Waals surface area contributed by atoms with Crippen molar-refractivity contribution in [2.24, 2.45) is 5.92 Å². The summed E-state index contributed by atoms with van der Waals surface area (Å²) in [6.45, 7) is 0.796. The number of hydrogen-bond donors (Lipinski definition) is 2. The van der Waals surface area contributed by atoms with E-state index in [9.17, 15) is 13.2 Å². The maximum atomic E-state index is 13.1. The van der Waals surface area contributed by atoms with Gasteiger partial charge in [-0.05, 0) is 37.7 Å². The average Bonchev–Trinajstić information content (AvgIpc) is 3.27. The highest BCUT2D eigenvalue weighted by atomic mass is 32.1. The number of hydrogen-bond acceptors (Lipinski definition) is 7. The Balaban J connectivity index is 1.51. The minimum absolute atomic E-state index is 0.258. The van der Waals surface area contributed by atoms with Gasteiger partial charge in [-0.15, -0.1) is 5.10 Å². The molecule has 3 aromatic heterocycles. The lowest BCUT2D eigenvalue weighted by atomic mass is 9.87. The molecule has 1 fully saturated rings. The zero-order valence-corrected chi connectivity index (χ0v) is 16.6. The van der Waals surface area contributed by atoms with Crippen LogP contribution < -0.4 is 11.1 Å². The molecular formula is C18H21F3N6OS. The van der Waals surface area contributed by atoms with Gasteiger partial charge in [-0.1, -0.05) is 11.3 Å². The molecule has 29 heavy (non-hydrogen) atoms. The molecule has 3 aromatic rings. The summed E-state index contributed by atoms with van der Waals surface area (Å²) in [4.78, 5) is 8.55. The first-order valence-corrected chi connectivity index (χ1v) is 10.1. The summed E-state index contributed by atoms with van der Waals surface area (Å²) in [5.41, 5.74) is 5.11. The van der Waals surface area contributed by atoms with Gasteiger partial charge in [-0.25, -0.2) is 14.5 Å². The molecule has 156 valence electrons. The highest BCUT2D eigenvalue weighted by molar-refractivity contribution is 7.20. The Hall–Kier alpha value is -2.40. The number of rotatable bonds is 5. The van der Waals surface area contributed by atoms with E-state index in [0.29, 0.717) is 27.8 Å². The summed E-state index contributed by atoms with van der Waals surface area (Å²) in [5.74, 6) is -0.00132. The Morgan fingerprint density at radius 2 is 2.00 bits per heavy atom. The molecule has 0 atom stereocenters. The second-order valence-corrected chi connectivity index (χ2v) is 8.11. The molecule has 3 heterocycles. The van der Waals surface area contributed by atoms with Gasteiger partial charge in [-0.3, -0.25) is 0 Å². The molecule has 0 spiro atoms. The van der Waals surface area contributed by atoms with Crippen LogP contribution in [-0.2, 0) is 10.9 Å². The lowest BCUT2D eigenvalue weighted by molar-refractivity contribution is -0.137. The molecule has 4 rings (SSSR count). The molecule has 3 N–H and O–H groups in total. The Labute approximate surface area is 169 Å². The van der Waals surface area contributed by atoms with Gasteiger partial charge in [0.1, 0.15) is 5.82 Å². The molecule has 0 unspecified atom stereocenters. The zero-order chi connectivity index (χ0) is 20.6. The van der Waals surface area contributed by atoms with Crippen molar-refractivity contribution >= 4 is 27.2 Å². The first-order chi connectivity index (χ1) is 13.8. The van der Waals surface area contributed by atoms with Crippen molar-refractivity contribution < 1.29 is 17.9 Å². The van der Waals surface area contributed by atoms with Gasteiger partial charge in [0.05, 0.1) is 23.6 Å². The number of aromatic nitrogens is 4. The van der Waals surface area contributed by atoms with Crippen molar-refractivity contribution in [1.82, 2.24) is 19.6 Å². The molecule has 0 aromatic carbocycles. The third-order valence-electron chi connectivity index (χ3n) is 5.27. The Kier molecular flexibility index (Phi) is 5.34. The third kappa shape index (κ3) is 4.15. The minimum atomic E-state index is -4.58. The number of nitrogens with two attached hydrogens (primary N) is 1. The number of imidazole rings is 1. The quantitative estimate of drug-likeness (QED) is 0.639. The number of alkyl halides is 3. The molecule has 0 radical (unpaired) electrons. The molecule has 1 aliphatic carbocycles. The van der Waals surface area contributed by atoms with E-state index < -0.39 is 17.6 Å². The molecule has 0 amide bonds. The van der Waals surface area contributed by atoms with Crippen molar-refractivity contribution in [3.05, 3.63) is 24.0 Å². The highest BCUT2D eigenvalue weighted by Crippen LogP contribution is 2.35. The van der Waals surface area contributed by atoms with Crippen LogP contribution in [0.5, 0.6) is 0 Å². The van der Waals surface area contributed by atoms with Gasteiger partial charge in [0.2, 0.25) is 10.1 Å². The maximum absolute atomic E-state index is 13.1. The van der Waals surface area contributed by atoms with Crippen molar-refractivity contribution in [1.29, 1.82) is 0 Å². The van der Waals surface area contributed by atoms with Gasteiger partial charge in [-0.2, -0.15) is 13.2 Å². The van der Waals surface area contributed by atoms with Crippen LogP contribution in [0.2, 0.25) is 0 Å². The predicted octanol–water partition coefficient (Wildman–Crippen LogP) is 4.07. The SMILES string of the molecule is COC1CCC(CNc2nn3c(-c4cnc(N)c(C(F)(F)F)c4)cnc3s2)CC1. The predicted molar refractivity (Wildman–Crippen MR) is 105 cm³/mol. The fourth-order valence-corrected chi connectivity index (χ4v) is 4.39. The number of nitrogen functional groups attached to an aromatic ring is 1. The second-order valence-electron chi connectivity index (χ2n) is 7.16. The van der Waals surface area contributed by atoms with Gasteiger partial charge in [0.25, 0.3) is 0 Å². The van der Waals surface area contributed by atoms with Crippen LogP contribution in [0, 0.1) is 5.92 Å². The molecular weight excluding hydrogens is 405 g/mol. The number of ether oxygens (including phenoxy) is 1. The average molecular weight is 426 g/mol.